The Morgan fingerprint density at radius 3 is 2.44 bits per heavy atom. The first-order valence-electron chi connectivity index (χ1n) is 11.4. The molecule has 0 bridgehead atoms. The average molecular weight is 457 g/mol. The maximum atomic E-state index is 13.1. The number of carbonyl (C=O) groups is 1. The van der Waals surface area contributed by atoms with Gasteiger partial charge in [0.05, 0.1) is 11.4 Å². The van der Waals surface area contributed by atoms with Crippen LogP contribution in [0.1, 0.15) is 41.5 Å². The molecule has 0 aromatic heterocycles. The van der Waals surface area contributed by atoms with E-state index in [9.17, 15) is 13.2 Å². The van der Waals surface area contributed by atoms with Crippen LogP contribution in [-0.2, 0) is 27.7 Å². The van der Waals surface area contributed by atoms with E-state index in [4.69, 9.17) is 4.74 Å². The summed E-state index contributed by atoms with van der Waals surface area (Å²) in [6.45, 7) is 5.63. The molecule has 1 saturated heterocycles. The number of benzene rings is 2. The van der Waals surface area contributed by atoms with Crippen molar-refractivity contribution in [2.75, 3.05) is 26.2 Å². The van der Waals surface area contributed by atoms with Crippen LogP contribution in [0.3, 0.4) is 0 Å². The van der Waals surface area contributed by atoms with E-state index in [0.29, 0.717) is 44.0 Å². The third-order valence-electron chi connectivity index (χ3n) is 6.40. The molecule has 0 spiro atoms. The smallest absolute Gasteiger partial charge is 0.243 e. The molecule has 1 amide bonds. The van der Waals surface area contributed by atoms with Gasteiger partial charge in [0.1, 0.15) is 12.4 Å². The second-order valence-electron chi connectivity index (χ2n) is 8.93. The predicted molar refractivity (Wildman–Crippen MR) is 124 cm³/mol. The molecule has 4 rings (SSSR count). The molecule has 1 aliphatic carbocycles. The van der Waals surface area contributed by atoms with Crippen LogP contribution < -0.4 is 10.1 Å². The summed E-state index contributed by atoms with van der Waals surface area (Å²) in [6, 6.07) is 11.6. The van der Waals surface area contributed by atoms with Crippen LogP contribution in [-0.4, -0.2) is 44.9 Å². The number of nitrogens with zero attached hydrogens (tertiary/aromatic N) is 1. The molecular formula is C25H32N2O4S. The lowest BCUT2D eigenvalue weighted by Crippen LogP contribution is -2.43. The third-order valence-corrected chi connectivity index (χ3v) is 8.29. The van der Waals surface area contributed by atoms with Crippen molar-refractivity contribution in [2.45, 2.75) is 50.8 Å². The van der Waals surface area contributed by atoms with Gasteiger partial charge in [0.25, 0.3) is 0 Å². The number of hydrogen-bond acceptors (Lipinski definition) is 4. The van der Waals surface area contributed by atoms with E-state index in [0.717, 1.165) is 41.7 Å². The molecule has 2 aromatic carbocycles. The van der Waals surface area contributed by atoms with Gasteiger partial charge < -0.3 is 10.1 Å². The first kappa shape index (κ1) is 22.8. The summed E-state index contributed by atoms with van der Waals surface area (Å²) in [6.07, 6.45) is 4.15. The van der Waals surface area contributed by atoms with E-state index >= 15 is 0 Å². The number of hydrogen-bond donors (Lipinski definition) is 1. The Balaban J connectivity index is 1.24. The topological polar surface area (TPSA) is 75.7 Å². The zero-order chi connectivity index (χ0) is 22.7. The molecule has 0 saturated carbocycles. The lowest BCUT2D eigenvalue weighted by Gasteiger charge is -2.30. The van der Waals surface area contributed by atoms with Gasteiger partial charge >= 0.3 is 0 Å². The second kappa shape index (κ2) is 9.63. The largest absolute Gasteiger partial charge is 0.492 e. The molecule has 1 fully saturated rings. The van der Waals surface area contributed by atoms with Crippen LogP contribution in [0.4, 0.5) is 0 Å². The number of aryl methyl sites for hydroxylation is 4. The van der Waals surface area contributed by atoms with Crippen LogP contribution >= 0.6 is 0 Å². The Bertz CT molecular complexity index is 1070. The van der Waals surface area contributed by atoms with Crippen LogP contribution in [0.5, 0.6) is 5.75 Å². The molecule has 6 nitrogen and oxygen atoms in total. The Morgan fingerprint density at radius 1 is 1.03 bits per heavy atom. The van der Waals surface area contributed by atoms with Crippen molar-refractivity contribution in [3.63, 3.8) is 0 Å². The fourth-order valence-corrected chi connectivity index (χ4v) is 6.24. The van der Waals surface area contributed by atoms with Gasteiger partial charge in [0.15, 0.2) is 0 Å². The molecule has 2 aliphatic rings. The fraction of sp³-hybridized carbons (Fsp3) is 0.480. The van der Waals surface area contributed by atoms with Crippen molar-refractivity contribution in [3.8, 4) is 5.75 Å². The monoisotopic (exact) mass is 456 g/mol. The Hall–Kier alpha value is -2.38. The number of carbonyl (C=O) groups excluding carboxylic acids is 1. The molecule has 7 heteroatoms. The number of nitrogens with one attached hydrogen (secondary N) is 1. The first-order chi connectivity index (χ1) is 15.3. The molecule has 0 radical (unpaired) electrons. The highest BCUT2D eigenvalue weighted by Crippen LogP contribution is 2.28. The maximum absolute atomic E-state index is 13.1. The third kappa shape index (κ3) is 5.15. The summed E-state index contributed by atoms with van der Waals surface area (Å²) in [5.41, 5.74) is 4.71. The molecule has 1 N–H and O–H groups in total. The van der Waals surface area contributed by atoms with Crippen molar-refractivity contribution in [2.24, 2.45) is 5.92 Å². The normalized spacial score (nSPS) is 17.2. The number of sulfonamides is 1. The highest BCUT2D eigenvalue weighted by Gasteiger charge is 2.32. The quantitative estimate of drug-likeness (QED) is 0.648. The van der Waals surface area contributed by atoms with Gasteiger partial charge in [-0.05, 0) is 92.5 Å². The zero-order valence-corrected chi connectivity index (χ0v) is 19.7. The van der Waals surface area contributed by atoms with Gasteiger partial charge in [-0.25, -0.2) is 8.42 Å². The molecular weight excluding hydrogens is 424 g/mol. The van der Waals surface area contributed by atoms with E-state index in [2.05, 4.69) is 11.4 Å². The Labute approximate surface area is 191 Å². The van der Waals surface area contributed by atoms with Crippen LogP contribution in [0.15, 0.2) is 41.3 Å². The molecule has 2 aromatic rings. The molecule has 1 aliphatic heterocycles. The lowest BCUT2D eigenvalue weighted by molar-refractivity contribution is -0.126. The summed E-state index contributed by atoms with van der Waals surface area (Å²) in [7, 11) is -3.51. The summed E-state index contributed by atoms with van der Waals surface area (Å²) < 4.78 is 33.4. The summed E-state index contributed by atoms with van der Waals surface area (Å²) >= 11 is 0. The summed E-state index contributed by atoms with van der Waals surface area (Å²) in [4.78, 5) is 12.9. The average Bonchev–Trinajstić information content (AvgIpc) is 3.24. The number of amides is 1. The highest BCUT2D eigenvalue weighted by atomic mass is 32.2. The van der Waals surface area contributed by atoms with Crippen LogP contribution in [0.2, 0.25) is 0 Å². The summed E-state index contributed by atoms with van der Waals surface area (Å²) in [5, 5.41) is 2.93. The molecule has 32 heavy (non-hydrogen) atoms. The minimum atomic E-state index is -3.51. The van der Waals surface area contributed by atoms with E-state index in [1.165, 1.54) is 9.87 Å². The highest BCUT2D eigenvalue weighted by molar-refractivity contribution is 7.89. The van der Waals surface area contributed by atoms with Crippen molar-refractivity contribution >= 4 is 15.9 Å². The first-order valence-corrected chi connectivity index (χ1v) is 12.9. The predicted octanol–water partition coefficient (Wildman–Crippen LogP) is 3.39. The minimum absolute atomic E-state index is 0.0244. The minimum Gasteiger partial charge on any atom is -0.492 e. The summed E-state index contributed by atoms with van der Waals surface area (Å²) in [5.74, 6) is 0.619. The number of rotatable bonds is 7. The molecule has 0 unspecified atom stereocenters. The fourth-order valence-electron chi connectivity index (χ4n) is 4.72. The second-order valence-corrected chi connectivity index (χ2v) is 10.9. The van der Waals surface area contributed by atoms with Crippen molar-refractivity contribution in [1.82, 2.24) is 9.62 Å². The maximum Gasteiger partial charge on any atom is 0.243 e. The van der Waals surface area contributed by atoms with E-state index in [1.807, 2.05) is 38.1 Å². The Morgan fingerprint density at radius 2 is 1.72 bits per heavy atom. The lowest BCUT2D eigenvalue weighted by atomic mass is 9.97. The van der Waals surface area contributed by atoms with Gasteiger partial charge in [-0.3, -0.25) is 4.79 Å². The van der Waals surface area contributed by atoms with Crippen molar-refractivity contribution in [1.29, 1.82) is 0 Å². The zero-order valence-electron chi connectivity index (χ0n) is 18.9. The van der Waals surface area contributed by atoms with Gasteiger partial charge in [-0.1, -0.05) is 12.1 Å². The van der Waals surface area contributed by atoms with Gasteiger partial charge in [-0.2, -0.15) is 4.31 Å². The molecule has 1 heterocycles. The number of piperidine rings is 1. The van der Waals surface area contributed by atoms with Gasteiger partial charge in [-0.15, -0.1) is 0 Å². The SMILES string of the molecule is Cc1cc(C)cc(OCCNC(=O)C2CCN(S(=O)(=O)c3ccc4c(c3)CCC4)CC2)c1. The molecule has 0 atom stereocenters. The number of fused-ring (bicyclic) bond motifs is 1. The number of ether oxygens (including phenoxy) is 1. The molecule has 172 valence electrons. The van der Waals surface area contributed by atoms with E-state index in [-0.39, 0.29) is 11.8 Å². The van der Waals surface area contributed by atoms with Crippen molar-refractivity contribution in [3.05, 3.63) is 58.7 Å². The van der Waals surface area contributed by atoms with Crippen LogP contribution in [0, 0.1) is 19.8 Å². The van der Waals surface area contributed by atoms with E-state index in [1.54, 1.807) is 6.07 Å². The van der Waals surface area contributed by atoms with E-state index < -0.39 is 10.0 Å². The standard InChI is InChI=1S/C25H32N2O4S/c1-18-14-19(2)16-23(15-18)31-13-10-26-25(28)21-8-11-27(12-9-21)32(29,30)24-7-6-20-4-3-5-22(20)17-24/h6-7,14-17,21H,3-5,8-13H2,1-2H3,(H,26,28). The van der Waals surface area contributed by atoms with Crippen LogP contribution in [0.25, 0.3) is 0 Å². The van der Waals surface area contributed by atoms with Gasteiger partial charge in [0, 0.05) is 19.0 Å². The Kier molecular flexibility index (Phi) is 6.86. The van der Waals surface area contributed by atoms with Crippen molar-refractivity contribution < 1.29 is 17.9 Å². The van der Waals surface area contributed by atoms with Gasteiger partial charge in [0.2, 0.25) is 15.9 Å².